The van der Waals surface area contributed by atoms with Crippen LogP contribution in [-0.2, 0) is 6.42 Å². The molecule has 0 spiro atoms. The Morgan fingerprint density at radius 2 is 1.83 bits per heavy atom. The lowest BCUT2D eigenvalue weighted by molar-refractivity contribution is 0.444. The number of nitrogens with zero attached hydrogens (tertiary/aromatic N) is 1. The number of fused-ring (bicyclic) bond motifs is 1. The van der Waals surface area contributed by atoms with Gasteiger partial charge in [-0.3, -0.25) is 0 Å². The molecule has 24 heavy (non-hydrogen) atoms. The van der Waals surface area contributed by atoms with Crippen molar-refractivity contribution in [3.8, 4) is 0 Å². The van der Waals surface area contributed by atoms with Crippen LogP contribution in [-0.4, -0.2) is 4.40 Å². The summed E-state index contributed by atoms with van der Waals surface area (Å²) in [5, 5.41) is 0. The Kier molecular flexibility index (Phi) is 4.13. The lowest BCUT2D eigenvalue weighted by atomic mass is 9.82. The van der Waals surface area contributed by atoms with E-state index in [4.69, 9.17) is 0 Å². The molecule has 2 aromatic heterocycles. The van der Waals surface area contributed by atoms with E-state index in [0.29, 0.717) is 5.92 Å². The first-order valence-electron chi connectivity index (χ1n) is 9.06. The summed E-state index contributed by atoms with van der Waals surface area (Å²) in [7, 11) is 0. The van der Waals surface area contributed by atoms with E-state index < -0.39 is 0 Å². The average molecular weight is 321 g/mol. The normalized spacial score (nSPS) is 15.9. The molecule has 1 fully saturated rings. The number of aromatic nitrogens is 1. The fraction of sp³-hybridized carbons (Fsp3) is 0.364. The summed E-state index contributed by atoms with van der Waals surface area (Å²) in [5.74, 6) is 0.547. The van der Waals surface area contributed by atoms with Crippen LogP contribution < -0.4 is 0 Å². The molecule has 0 saturated heterocycles. The molecule has 124 valence electrons. The van der Waals surface area contributed by atoms with Crippen molar-refractivity contribution in [3.63, 3.8) is 0 Å². The number of halogens is 1. The number of rotatable bonds is 3. The zero-order valence-electron chi connectivity index (χ0n) is 14.3. The second-order valence-corrected chi connectivity index (χ2v) is 7.10. The lowest BCUT2D eigenvalue weighted by Gasteiger charge is -2.23. The van der Waals surface area contributed by atoms with Crippen LogP contribution in [0.5, 0.6) is 0 Å². The molecule has 1 saturated carbocycles. The van der Waals surface area contributed by atoms with Gasteiger partial charge in [-0.15, -0.1) is 0 Å². The van der Waals surface area contributed by atoms with Crippen molar-refractivity contribution in [1.82, 2.24) is 4.40 Å². The van der Waals surface area contributed by atoms with E-state index in [0.717, 1.165) is 17.5 Å². The third-order valence-electron chi connectivity index (χ3n) is 5.58. The van der Waals surface area contributed by atoms with E-state index in [9.17, 15) is 4.39 Å². The molecule has 0 N–H and O–H groups in total. The average Bonchev–Trinajstić information content (AvgIpc) is 2.97. The Morgan fingerprint density at radius 3 is 2.67 bits per heavy atom. The highest BCUT2D eigenvalue weighted by atomic mass is 19.1. The topological polar surface area (TPSA) is 4.41 Å². The monoisotopic (exact) mass is 321 g/mol. The number of hydrogen-bond acceptors (Lipinski definition) is 0. The smallest absolute Gasteiger partial charge is 0.126 e. The van der Waals surface area contributed by atoms with Crippen LogP contribution in [0.1, 0.15) is 60.3 Å². The van der Waals surface area contributed by atoms with Gasteiger partial charge in [0.25, 0.3) is 0 Å². The standard InChI is InChI=1S/C22H24FN/c1-16-18(10-7-11-20(16)23)14-19-15-24-13-6-5-12-21(24)22(19)17-8-3-2-4-9-17/h5-7,10-13,15,17H,2-4,8-9,14H2,1H3. The Morgan fingerprint density at radius 1 is 1.00 bits per heavy atom. The first kappa shape index (κ1) is 15.4. The third-order valence-corrected chi connectivity index (χ3v) is 5.58. The van der Waals surface area contributed by atoms with Gasteiger partial charge in [0, 0.05) is 17.9 Å². The van der Waals surface area contributed by atoms with E-state index in [1.54, 1.807) is 6.07 Å². The molecule has 3 aromatic rings. The minimum absolute atomic E-state index is 0.101. The highest BCUT2D eigenvalue weighted by Crippen LogP contribution is 2.38. The SMILES string of the molecule is Cc1c(F)cccc1Cc1cn2ccccc2c1C1CCCCC1. The first-order chi connectivity index (χ1) is 11.7. The summed E-state index contributed by atoms with van der Waals surface area (Å²) >= 11 is 0. The summed E-state index contributed by atoms with van der Waals surface area (Å²) in [4.78, 5) is 0. The number of benzene rings is 1. The maximum absolute atomic E-state index is 13.9. The van der Waals surface area contributed by atoms with Gasteiger partial charge in [-0.2, -0.15) is 0 Å². The molecule has 0 atom stereocenters. The molecule has 0 unspecified atom stereocenters. The summed E-state index contributed by atoms with van der Waals surface area (Å²) in [6.45, 7) is 1.89. The van der Waals surface area contributed by atoms with Crippen molar-refractivity contribution in [1.29, 1.82) is 0 Å². The maximum Gasteiger partial charge on any atom is 0.126 e. The molecule has 0 amide bonds. The van der Waals surface area contributed by atoms with E-state index in [-0.39, 0.29) is 5.82 Å². The van der Waals surface area contributed by atoms with Crippen LogP contribution in [0.25, 0.3) is 5.52 Å². The van der Waals surface area contributed by atoms with Crippen molar-refractivity contribution in [3.05, 3.63) is 76.9 Å². The van der Waals surface area contributed by atoms with Gasteiger partial charge in [0.15, 0.2) is 0 Å². The molecular formula is C22H24FN. The van der Waals surface area contributed by atoms with Gasteiger partial charge in [-0.1, -0.05) is 37.5 Å². The molecule has 1 nitrogen and oxygen atoms in total. The predicted octanol–water partition coefficient (Wildman–Crippen LogP) is 6.03. The minimum Gasteiger partial charge on any atom is -0.323 e. The van der Waals surface area contributed by atoms with Crippen molar-refractivity contribution in [2.75, 3.05) is 0 Å². The van der Waals surface area contributed by atoms with Gasteiger partial charge in [-0.25, -0.2) is 4.39 Å². The molecule has 1 aliphatic carbocycles. The maximum atomic E-state index is 13.9. The Hall–Kier alpha value is -2.09. The fourth-order valence-electron chi connectivity index (χ4n) is 4.25. The summed E-state index contributed by atoms with van der Waals surface area (Å²) in [6.07, 6.45) is 11.8. The van der Waals surface area contributed by atoms with Crippen molar-refractivity contribution in [2.24, 2.45) is 0 Å². The molecule has 0 radical (unpaired) electrons. The molecule has 1 aliphatic rings. The summed E-state index contributed by atoms with van der Waals surface area (Å²) in [6, 6.07) is 11.9. The lowest BCUT2D eigenvalue weighted by Crippen LogP contribution is -2.07. The van der Waals surface area contributed by atoms with Crippen molar-refractivity contribution in [2.45, 2.75) is 51.4 Å². The highest BCUT2D eigenvalue weighted by Gasteiger charge is 2.22. The number of hydrogen-bond donors (Lipinski definition) is 0. The molecule has 4 rings (SSSR count). The second-order valence-electron chi connectivity index (χ2n) is 7.10. The summed E-state index contributed by atoms with van der Waals surface area (Å²) in [5.41, 5.74) is 6.07. The molecule has 2 heteroatoms. The van der Waals surface area contributed by atoms with Gasteiger partial charge < -0.3 is 4.40 Å². The second kappa shape index (κ2) is 6.43. The Balaban J connectivity index is 1.80. The zero-order chi connectivity index (χ0) is 16.5. The van der Waals surface area contributed by atoms with Crippen LogP contribution in [0, 0.1) is 12.7 Å². The van der Waals surface area contributed by atoms with Gasteiger partial charge in [0.05, 0.1) is 0 Å². The van der Waals surface area contributed by atoms with E-state index in [2.05, 4.69) is 41.1 Å². The molecule has 2 heterocycles. The van der Waals surface area contributed by atoms with Crippen LogP contribution >= 0.6 is 0 Å². The van der Waals surface area contributed by atoms with Gasteiger partial charge >= 0.3 is 0 Å². The predicted molar refractivity (Wildman–Crippen MR) is 97.2 cm³/mol. The Bertz CT molecular complexity index is 856. The quantitative estimate of drug-likeness (QED) is 0.555. The number of pyridine rings is 1. The van der Waals surface area contributed by atoms with Crippen molar-refractivity contribution >= 4 is 5.52 Å². The largest absolute Gasteiger partial charge is 0.323 e. The molecule has 1 aromatic carbocycles. The fourth-order valence-corrected chi connectivity index (χ4v) is 4.25. The van der Waals surface area contributed by atoms with Crippen LogP contribution in [0.3, 0.4) is 0 Å². The van der Waals surface area contributed by atoms with E-state index >= 15 is 0 Å². The van der Waals surface area contributed by atoms with Crippen LogP contribution in [0.4, 0.5) is 4.39 Å². The van der Waals surface area contributed by atoms with Crippen molar-refractivity contribution < 1.29 is 4.39 Å². The summed E-state index contributed by atoms with van der Waals surface area (Å²) < 4.78 is 16.2. The Labute approximate surface area is 143 Å². The highest BCUT2D eigenvalue weighted by molar-refractivity contribution is 5.62. The third kappa shape index (κ3) is 2.75. The minimum atomic E-state index is -0.101. The van der Waals surface area contributed by atoms with Gasteiger partial charge in [-0.05, 0) is 72.6 Å². The first-order valence-corrected chi connectivity index (χ1v) is 9.06. The van der Waals surface area contributed by atoms with E-state index in [1.165, 1.54) is 48.7 Å². The molecule has 0 bridgehead atoms. The van der Waals surface area contributed by atoms with Crippen LogP contribution in [0.2, 0.25) is 0 Å². The van der Waals surface area contributed by atoms with Crippen LogP contribution in [0.15, 0.2) is 48.8 Å². The zero-order valence-corrected chi connectivity index (χ0v) is 14.3. The molecule has 0 aliphatic heterocycles. The molecular weight excluding hydrogens is 297 g/mol. The van der Waals surface area contributed by atoms with Gasteiger partial charge in [0.2, 0.25) is 0 Å². The van der Waals surface area contributed by atoms with E-state index in [1.807, 2.05) is 13.0 Å². The van der Waals surface area contributed by atoms with Gasteiger partial charge in [0.1, 0.15) is 5.82 Å².